The molecule has 0 rings (SSSR count). The van der Waals surface area contributed by atoms with E-state index in [1.807, 2.05) is 0 Å². The molecule has 15 heavy (non-hydrogen) atoms. The molecule has 0 radical (unpaired) electrons. The van der Waals surface area contributed by atoms with E-state index in [0.29, 0.717) is 5.92 Å². The lowest BCUT2D eigenvalue weighted by Crippen LogP contribution is -2.02. The van der Waals surface area contributed by atoms with Gasteiger partial charge in [-0.1, -0.05) is 46.0 Å². The minimum atomic E-state index is 0.672. The number of hydrogen-bond acceptors (Lipinski definition) is 2. The molecule has 0 atom stereocenters. The van der Waals surface area contributed by atoms with Gasteiger partial charge in [0.2, 0.25) is 0 Å². The van der Waals surface area contributed by atoms with Gasteiger partial charge in [-0.05, 0) is 24.5 Å². The fourth-order valence-electron chi connectivity index (χ4n) is 1.52. The zero-order valence-electron chi connectivity index (χ0n) is 10.5. The van der Waals surface area contributed by atoms with Crippen molar-refractivity contribution in [3.05, 3.63) is 0 Å². The largest absolute Gasteiger partial charge is 0.381 e. The van der Waals surface area contributed by atoms with E-state index in [1.165, 1.54) is 44.9 Å². The molecule has 0 spiro atoms. The molecular formula is C13H28OS. The van der Waals surface area contributed by atoms with Crippen LogP contribution in [0.5, 0.6) is 0 Å². The van der Waals surface area contributed by atoms with E-state index in [9.17, 15) is 0 Å². The predicted molar refractivity (Wildman–Crippen MR) is 71.8 cm³/mol. The molecule has 0 aliphatic heterocycles. The molecule has 0 bridgehead atoms. The minimum absolute atomic E-state index is 0.672. The maximum Gasteiger partial charge on any atom is 0.0488 e. The molecule has 0 aliphatic carbocycles. The maximum absolute atomic E-state index is 5.53. The van der Waals surface area contributed by atoms with Crippen molar-refractivity contribution in [3.63, 3.8) is 0 Å². The quantitative estimate of drug-likeness (QED) is 0.412. The first kappa shape index (κ1) is 15.3. The SMILES string of the molecule is CC(C)COCCCCCCCCCS. The van der Waals surface area contributed by atoms with Gasteiger partial charge in [-0.15, -0.1) is 0 Å². The normalized spacial score (nSPS) is 11.2. The van der Waals surface area contributed by atoms with Crippen molar-refractivity contribution in [1.29, 1.82) is 0 Å². The predicted octanol–water partition coefficient (Wildman–Crippen LogP) is 4.32. The fraction of sp³-hybridized carbons (Fsp3) is 1.00. The summed E-state index contributed by atoms with van der Waals surface area (Å²) in [4.78, 5) is 0. The Bertz CT molecular complexity index is 115. The molecule has 0 saturated carbocycles. The maximum atomic E-state index is 5.53. The Morgan fingerprint density at radius 2 is 1.40 bits per heavy atom. The molecule has 0 fully saturated rings. The highest BCUT2D eigenvalue weighted by Crippen LogP contribution is 2.07. The molecule has 0 heterocycles. The van der Waals surface area contributed by atoms with Crippen molar-refractivity contribution in [1.82, 2.24) is 0 Å². The second kappa shape index (κ2) is 12.4. The van der Waals surface area contributed by atoms with Gasteiger partial charge in [0, 0.05) is 13.2 Å². The molecule has 0 aromatic heterocycles. The van der Waals surface area contributed by atoms with Crippen LogP contribution in [0, 0.1) is 5.92 Å². The van der Waals surface area contributed by atoms with Crippen molar-refractivity contribution >= 4 is 12.6 Å². The topological polar surface area (TPSA) is 9.23 Å². The molecule has 92 valence electrons. The lowest BCUT2D eigenvalue weighted by Gasteiger charge is -2.06. The molecule has 0 amide bonds. The summed E-state index contributed by atoms with van der Waals surface area (Å²) in [6.45, 7) is 6.26. The Balaban J connectivity index is 2.87. The second-order valence-electron chi connectivity index (χ2n) is 4.67. The zero-order chi connectivity index (χ0) is 11.4. The third-order valence-corrected chi connectivity index (χ3v) is 2.71. The summed E-state index contributed by atoms with van der Waals surface area (Å²) < 4.78 is 5.53. The van der Waals surface area contributed by atoms with Crippen LogP contribution in [0.25, 0.3) is 0 Å². The number of thiol groups is 1. The molecule has 0 aromatic carbocycles. The average Bonchev–Trinajstić information content (AvgIpc) is 2.20. The Hall–Kier alpha value is 0.310. The minimum Gasteiger partial charge on any atom is -0.381 e. The van der Waals surface area contributed by atoms with Crippen LogP contribution in [0.4, 0.5) is 0 Å². The number of ether oxygens (including phenoxy) is 1. The Kier molecular flexibility index (Phi) is 12.6. The molecule has 0 unspecified atom stereocenters. The van der Waals surface area contributed by atoms with Gasteiger partial charge < -0.3 is 4.74 Å². The smallest absolute Gasteiger partial charge is 0.0488 e. The van der Waals surface area contributed by atoms with E-state index in [-0.39, 0.29) is 0 Å². The van der Waals surface area contributed by atoms with Gasteiger partial charge in [-0.3, -0.25) is 0 Å². The highest BCUT2D eigenvalue weighted by Gasteiger charge is 1.94. The lowest BCUT2D eigenvalue weighted by atomic mass is 10.1. The highest BCUT2D eigenvalue weighted by molar-refractivity contribution is 7.80. The van der Waals surface area contributed by atoms with Crippen LogP contribution in [0.3, 0.4) is 0 Å². The zero-order valence-corrected chi connectivity index (χ0v) is 11.4. The first-order chi connectivity index (χ1) is 7.27. The Labute approximate surface area is 101 Å². The first-order valence-electron chi connectivity index (χ1n) is 6.46. The molecule has 0 aromatic rings. The number of hydrogen-bond donors (Lipinski definition) is 1. The molecule has 2 heteroatoms. The number of rotatable bonds is 11. The molecule has 0 aliphatic rings. The van der Waals surface area contributed by atoms with Crippen LogP contribution in [-0.4, -0.2) is 19.0 Å². The number of unbranched alkanes of at least 4 members (excludes halogenated alkanes) is 6. The van der Waals surface area contributed by atoms with Crippen LogP contribution in [0.1, 0.15) is 58.8 Å². The lowest BCUT2D eigenvalue weighted by molar-refractivity contribution is 0.106. The Morgan fingerprint density at radius 1 is 0.867 bits per heavy atom. The molecule has 1 nitrogen and oxygen atoms in total. The third kappa shape index (κ3) is 14.3. The summed E-state index contributed by atoms with van der Waals surface area (Å²) in [6.07, 6.45) is 9.34. The van der Waals surface area contributed by atoms with Crippen molar-refractivity contribution in [2.75, 3.05) is 19.0 Å². The third-order valence-electron chi connectivity index (χ3n) is 2.40. The van der Waals surface area contributed by atoms with Crippen LogP contribution in [-0.2, 0) is 4.74 Å². The van der Waals surface area contributed by atoms with Gasteiger partial charge in [-0.2, -0.15) is 12.6 Å². The molecule has 0 N–H and O–H groups in total. The summed E-state index contributed by atoms with van der Waals surface area (Å²) >= 11 is 4.20. The van der Waals surface area contributed by atoms with Gasteiger partial charge in [-0.25, -0.2) is 0 Å². The van der Waals surface area contributed by atoms with Crippen LogP contribution in [0.15, 0.2) is 0 Å². The van der Waals surface area contributed by atoms with Gasteiger partial charge in [0.15, 0.2) is 0 Å². The van der Waals surface area contributed by atoms with Crippen molar-refractivity contribution in [2.24, 2.45) is 5.92 Å². The second-order valence-corrected chi connectivity index (χ2v) is 5.11. The summed E-state index contributed by atoms with van der Waals surface area (Å²) in [5, 5.41) is 0. The van der Waals surface area contributed by atoms with Crippen molar-refractivity contribution < 1.29 is 4.74 Å². The van der Waals surface area contributed by atoms with E-state index in [2.05, 4.69) is 26.5 Å². The van der Waals surface area contributed by atoms with E-state index in [1.54, 1.807) is 0 Å². The van der Waals surface area contributed by atoms with E-state index in [4.69, 9.17) is 4.74 Å². The van der Waals surface area contributed by atoms with Gasteiger partial charge in [0.1, 0.15) is 0 Å². The first-order valence-corrected chi connectivity index (χ1v) is 7.09. The van der Waals surface area contributed by atoms with E-state index >= 15 is 0 Å². The summed E-state index contributed by atoms with van der Waals surface area (Å²) in [5.41, 5.74) is 0. The van der Waals surface area contributed by atoms with Crippen LogP contribution in [0.2, 0.25) is 0 Å². The monoisotopic (exact) mass is 232 g/mol. The highest BCUT2D eigenvalue weighted by atomic mass is 32.1. The summed E-state index contributed by atoms with van der Waals surface area (Å²) in [7, 11) is 0. The summed E-state index contributed by atoms with van der Waals surface area (Å²) in [5.74, 6) is 1.72. The van der Waals surface area contributed by atoms with E-state index in [0.717, 1.165) is 19.0 Å². The van der Waals surface area contributed by atoms with Crippen LogP contribution < -0.4 is 0 Å². The average molecular weight is 232 g/mol. The van der Waals surface area contributed by atoms with Crippen LogP contribution >= 0.6 is 12.6 Å². The summed E-state index contributed by atoms with van der Waals surface area (Å²) in [6, 6.07) is 0. The fourth-order valence-corrected chi connectivity index (χ4v) is 1.74. The van der Waals surface area contributed by atoms with Crippen molar-refractivity contribution in [3.8, 4) is 0 Å². The van der Waals surface area contributed by atoms with Gasteiger partial charge in [0.25, 0.3) is 0 Å². The van der Waals surface area contributed by atoms with E-state index < -0.39 is 0 Å². The Morgan fingerprint density at radius 3 is 1.93 bits per heavy atom. The molecular weight excluding hydrogens is 204 g/mol. The van der Waals surface area contributed by atoms with Gasteiger partial charge in [0.05, 0.1) is 0 Å². The molecule has 0 saturated heterocycles. The van der Waals surface area contributed by atoms with Crippen molar-refractivity contribution in [2.45, 2.75) is 58.8 Å². The standard InChI is InChI=1S/C13H28OS/c1-13(2)12-14-10-8-6-4-3-5-7-9-11-15/h13,15H,3-12H2,1-2H3. The van der Waals surface area contributed by atoms with Gasteiger partial charge >= 0.3 is 0 Å².